The minimum absolute atomic E-state index is 0.00463. The van der Waals surface area contributed by atoms with Crippen LogP contribution in [0.2, 0.25) is 0 Å². The predicted octanol–water partition coefficient (Wildman–Crippen LogP) is 1.01. The van der Waals surface area contributed by atoms with Gasteiger partial charge in [0.2, 0.25) is 0 Å². The zero-order chi connectivity index (χ0) is 13.7. The maximum absolute atomic E-state index is 12.3. The van der Waals surface area contributed by atoms with Crippen molar-refractivity contribution in [3.63, 3.8) is 0 Å². The first-order valence-corrected chi connectivity index (χ1v) is 6.30. The Bertz CT molecular complexity index is 306. The number of hydrogen-bond acceptors (Lipinski definition) is 3. The smallest absolute Gasteiger partial charge is 0.320 e. The maximum Gasteiger partial charge on any atom is 0.320 e. The molecule has 18 heavy (non-hydrogen) atoms. The summed E-state index contributed by atoms with van der Waals surface area (Å²) < 4.78 is 5.39. The summed E-state index contributed by atoms with van der Waals surface area (Å²) in [6.07, 6.45) is 0.0141. The molecule has 2 amide bonds. The van der Waals surface area contributed by atoms with Gasteiger partial charge in [-0.1, -0.05) is 0 Å². The molecular formula is C12H22N2O4. The van der Waals surface area contributed by atoms with Gasteiger partial charge in [0.05, 0.1) is 19.1 Å². The fourth-order valence-electron chi connectivity index (χ4n) is 1.96. The van der Waals surface area contributed by atoms with E-state index in [9.17, 15) is 9.59 Å². The highest BCUT2D eigenvalue weighted by atomic mass is 16.5. The molecule has 104 valence electrons. The fraction of sp³-hybridized carbons (Fsp3) is 0.833. The van der Waals surface area contributed by atoms with Crippen LogP contribution in [0, 0.1) is 0 Å². The van der Waals surface area contributed by atoms with Crippen LogP contribution >= 0.6 is 0 Å². The highest BCUT2D eigenvalue weighted by molar-refractivity contribution is 5.76. The van der Waals surface area contributed by atoms with Gasteiger partial charge in [-0.3, -0.25) is 4.79 Å². The predicted molar refractivity (Wildman–Crippen MR) is 66.5 cm³/mol. The van der Waals surface area contributed by atoms with Gasteiger partial charge in [-0.05, 0) is 20.8 Å². The van der Waals surface area contributed by atoms with Crippen LogP contribution in [0.25, 0.3) is 0 Å². The van der Waals surface area contributed by atoms with E-state index in [0.717, 1.165) is 0 Å². The van der Waals surface area contributed by atoms with Crippen molar-refractivity contribution in [1.82, 2.24) is 9.80 Å². The molecule has 0 aromatic rings. The van der Waals surface area contributed by atoms with E-state index < -0.39 is 5.97 Å². The third kappa shape index (κ3) is 4.18. The number of carbonyl (C=O) groups is 2. The van der Waals surface area contributed by atoms with E-state index in [1.807, 2.05) is 20.8 Å². The first kappa shape index (κ1) is 14.8. The lowest BCUT2D eigenvalue weighted by molar-refractivity contribution is -0.137. The topological polar surface area (TPSA) is 70.1 Å². The second-order valence-electron chi connectivity index (χ2n) is 4.84. The van der Waals surface area contributed by atoms with Gasteiger partial charge < -0.3 is 19.6 Å². The number of aliphatic carboxylic acids is 1. The van der Waals surface area contributed by atoms with Crippen LogP contribution in [0.15, 0.2) is 0 Å². The average Bonchev–Trinajstić information content (AvgIpc) is 2.28. The van der Waals surface area contributed by atoms with Gasteiger partial charge >= 0.3 is 12.0 Å². The molecular weight excluding hydrogens is 236 g/mol. The van der Waals surface area contributed by atoms with E-state index in [1.165, 1.54) is 0 Å². The molecule has 6 heteroatoms. The van der Waals surface area contributed by atoms with Crippen LogP contribution in [-0.2, 0) is 9.53 Å². The molecule has 1 aliphatic heterocycles. The molecule has 0 spiro atoms. The third-order valence-electron chi connectivity index (χ3n) is 2.95. The Kier molecular flexibility index (Phi) is 5.40. The van der Waals surface area contributed by atoms with Crippen LogP contribution in [0.1, 0.15) is 27.2 Å². The first-order chi connectivity index (χ1) is 8.41. The van der Waals surface area contributed by atoms with Crippen molar-refractivity contribution in [2.45, 2.75) is 39.3 Å². The maximum atomic E-state index is 12.3. The number of amides is 2. The van der Waals surface area contributed by atoms with Gasteiger partial charge in [-0.15, -0.1) is 0 Å². The summed E-state index contributed by atoms with van der Waals surface area (Å²) in [5, 5.41) is 8.71. The van der Waals surface area contributed by atoms with Gasteiger partial charge in [0.15, 0.2) is 0 Å². The van der Waals surface area contributed by atoms with E-state index in [1.54, 1.807) is 9.80 Å². The lowest BCUT2D eigenvalue weighted by Gasteiger charge is -2.37. The molecule has 0 aliphatic carbocycles. The number of ether oxygens (including phenoxy) is 1. The largest absolute Gasteiger partial charge is 0.481 e. The van der Waals surface area contributed by atoms with E-state index >= 15 is 0 Å². The van der Waals surface area contributed by atoms with Crippen LogP contribution in [0.3, 0.4) is 0 Å². The number of carboxylic acid groups (broad SMARTS) is 1. The van der Waals surface area contributed by atoms with Gasteiger partial charge in [0.25, 0.3) is 0 Å². The molecule has 0 bridgehead atoms. The Morgan fingerprint density at radius 1 is 1.50 bits per heavy atom. The Morgan fingerprint density at radius 2 is 2.17 bits per heavy atom. The summed E-state index contributed by atoms with van der Waals surface area (Å²) in [5.74, 6) is -0.885. The number of rotatable bonds is 4. The van der Waals surface area contributed by atoms with Crippen LogP contribution < -0.4 is 0 Å². The molecule has 1 saturated heterocycles. The number of morpholine rings is 1. The first-order valence-electron chi connectivity index (χ1n) is 6.30. The number of nitrogens with zero attached hydrogens (tertiary/aromatic N) is 2. The van der Waals surface area contributed by atoms with Gasteiger partial charge in [-0.2, -0.15) is 0 Å². The lowest BCUT2D eigenvalue weighted by atomic mass is 10.2. The van der Waals surface area contributed by atoms with Crippen molar-refractivity contribution in [2.24, 2.45) is 0 Å². The van der Waals surface area contributed by atoms with Crippen molar-refractivity contribution >= 4 is 12.0 Å². The number of urea groups is 1. The van der Waals surface area contributed by atoms with E-state index in [-0.39, 0.29) is 31.1 Å². The summed E-state index contributed by atoms with van der Waals surface area (Å²) >= 11 is 0. The van der Waals surface area contributed by atoms with Crippen molar-refractivity contribution < 1.29 is 19.4 Å². The molecule has 1 heterocycles. The summed E-state index contributed by atoms with van der Waals surface area (Å²) in [5.41, 5.74) is 0. The minimum atomic E-state index is -0.885. The van der Waals surface area contributed by atoms with Crippen LogP contribution in [0.4, 0.5) is 4.79 Å². The summed E-state index contributed by atoms with van der Waals surface area (Å²) in [7, 11) is 0. The van der Waals surface area contributed by atoms with E-state index in [0.29, 0.717) is 19.7 Å². The SMILES string of the molecule is CC1CN(C(=O)N(CCC(=O)O)C(C)C)CCO1. The fourth-order valence-corrected chi connectivity index (χ4v) is 1.96. The second kappa shape index (κ2) is 6.58. The molecule has 1 unspecified atom stereocenters. The van der Waals surface area contributed by atoms with E-state index in [2.05, 4.69) is 0 Å². The molecule has 6 nitrogen and oxygen atoms in total. The van der Waals surface area contributed by atoms with E-state index in [4.69, 9.17) is 9.84 Å². The Balaban J connectivity index is 2.60. The van der Waals surface area contributed by atoms with Gasteiger partial charge in [-0.25, -0.2) is 4.79 Å². The van der Waals surface area contributed by atoms with Gasteiger partial charge in [0, 0.05) is 25.7 Å². The zero-order valence-corrected chi connectivity index (χ0v) is 11.3. The normalized spacial score (nSPS) is 20.0. The van der Waals surface area contributed by atoms with Gasteiger partial charge in [0.1, 0.15) is 0 Å². The molecule has 0 saturated carbocycles. The third-order valence-corrected chi connectivity index (χ3v) is 2.95. The molecule has 1 fully saturated rings. The molecule has 0 aromatic carbocycles. The standard InChI is InChI=1S/C12H22N2O4/c1-9(2)14(5-4-11(15)16)12(17)13-6-7-18-10(3)8-13/h9-10H,4-8H2,1-3H3,(H,15,16). The Hall–Kier alpha value is -1.30. The lowest BCUT2D eigenvalue weighted by Crippen LogP contribution is -2.52. The summed E-state index contributed by atoms with van der Waals surface area (Å²) in [6.45, 7) is 7.63. The number of carboxylic acids is 1. The highest BCUT2D eigenvalue weighted by Crippen LogP contribution is 2.11. The number of carbonyl (C=O) groups excluding carboxylic acids is 1. The Labute approximate surface area is 107 Å². The van der Waals surface area contributed by atoms with Crippen LogP contribution in [-0.4, -0.2) is 65.3 Å². The summed E-state index contributed by atoms with van der Waals surface area (Å²) in [4.78, 5) is 26.2. The highest BCUT2D eigenvalue weighted by Gasteiger charge is 2.27. The average molecular weight is 258 g/mol. The summed E-state index contributed by atoms with van der Waals surface area (Å²) in [6, 6.07) is -0.101. The quantitative estimate of drug-likeness (QED) is 0.817. The monoisotopic (exact) mass is 258 g/mol. The molecule has 0 aromatic heterocycles. The number of hydrogen-bond donors (Lipinski definition) is 1. The minimum Gasteiger partial charge on any atom is -0.481 e. The van der Waals surface area contributed by atoms with Crippen LogP contribution in [0.5, 0.6) is 0 Å². The second-order valence-corrected chi connectivity index (χ2v) is 4.84. The molecule has 1 atom stereocenters. The van der Waals surface area contributed by atoms with Crippen molar-refractivity contribution in [2.75, 3.05) is 26.2 Å². The molecule has 0 radical (unpaired) electrons. The van der Waals surface area contributed by atoms with Crippen molar-refractivity contribution in [3.8, 4) is 0 Å². The van der Waals surface area contributed by atoms with Crippen molar-refractivity contribution in [1.29, 1.82) is 0 Å². The zero-order valence-electron chi connectivity index (χ0n) is 11.3. The molecule has 1 rings (SSSR count). The van der Waals surface area contributed by atoms with Crippen molar-refractivity contribution in [3.05, 3.63) is 0 Å². The molecule has 1 aliphatic rings. The molecule has 1 N–H and O–H groups in total. The Morgan fingerprint density at radius 3 is 2.67 bits per heavy atom.